The van der Waals surface area contributed by atoms with E-state index < -0.39 is 0 Å². The van der Waals surface area contributed by atoms with Gasteiger partial charge >= 0.3 is 0 Å². The van der Waals surface area contributed by atoms with E-state index >= 15 is 0 Å². The number of phenols is 1. The molecule has 1 aromatic rings. The van der Waals surface area contributed by atoms with E-state index in [9.17, 15) is 9.90 Å². The van der Waals surface area contributed by atoms with Crippen LogP contribution >= 0.6 is 11.8 Å². The number of nitrogens with one attached hydrogen (secondary N) is 1. The molecule has 0 radical (unpaired) electrons. The maximum atomic E-state index is 12.2. The lowest BCUT2D eigenvalue weighted by Crippen LogP contribution is -2.20. The number of carbonyl (C=O) groups is 1. The Hall–Kier alpha value is -1.95. The van der Waals surface area contributed by atoms with Crippen molar-refractivity contribution in [3.63, 3.8) is 0 Å². The second-order valence-corrected chi connectivity index (χ2v) is 9.37. The molecule has 1 aromatic carbocycles. The molecule has 0 bridgehead atoms. The number of amides is 1. The molecule has 0 unspecified atom stereocenters. The first kappa shape index (κ1) is 20.4. The summed E-state index contributed by atoms with van der Waals surface area (Å²) in [6.07, 6.45) is 1.83. The van der Waals surface area contributed by atoms with Crippen molar-refractivity contribution >= 4 is 28.9 Å². The normalized spacial score (nSPS) is 18.5. The van der Waals surface area contributed by atoms with E-state index in [1.54, 1.807) is 0 Å². The Balaban J connectivity index is 2.52. The molecule has 6 heteroatoms. The van der Waals surface area contributed by atoms with Gasteiger partial charge in [0.05, 0.1) is 4.91 Å². The number of aromatic hydroxyl groups is 1. The van der Waals surface area contributed by atoms with Gasteiger partial charge in [-0.15, -0.1) is 0 Å². The molecule has 1 aliphatic rings. The van der Waals surface area contributed by atoms with Crippen molar-refractivity contribution < 1.29 is 14.7 Å². The summed E-state index contributed by atoms with van der Waals surface area (Å²) >= 11 is 1.25. The van der Waals surface area contributed by atoms with E-state index in [4.69, 9.17) is 4.84 Å². The maximum Gasteiger partial charge on any atom is 0.264 e. The quantitative estimate of drug-likeness (QED) is 0.602. The Morgan fingerprint density at radius 3 is 2.15 bits per heavy atom. The molecule has 0 aromatic heterocycles. The van der Waals surface area contributed by atoms with Crippen LogP contribution in [0.25, 0.3) is 6.08 Å². The van der Waals surface area contributed by atoms with Crippen LogP contribution in [0.5, 0.6) is 5.75 Å². The van der Waals surface area contributed by atoms with Crippen LogP contribution in [0.2, 0.25) is 0 Å². The van der Waals surface area contributed by atoms with E-state index in [1.165, 1.54) is 11.8 Å². The summed E-state index contributed by atoms with van der Waals surface area (Å²) in [5.41, 5.74) is 2.18. The van der Waals surface area contributed by atoms with Crippen molar-refractivity contribution in [1.29, 1.82) is 0 Å². The van der Waals surface area contributed by atoms with Crippen molar-refractivity contribution in [2.45, 2.75) is 59.3 Å². The van der Waals surface area contributed by atoms with Gasteiger partial charge in [0.2, 0.25) is 5.17 Å². The van der Waals surface area contributed by atoms with Gasteiger partial charge in [0.15, 0.2) is 0 Å². The third kappa shape index (κ3) is 4.61. The molecule has 0 aliphatic carbocycles. The molecule has 0 atom stereocenters. The number of phenolic OH excluding ortho intramolecular Hbond substituents is 1. The molecule has 142 valence electrons. The zero-order valence-corrected chi connectivity index (χ0v) is 17.4. The lowest BCUT2D eigenvalue weighted by Gasteiger charge is -2.28. The number of rotatable bonds is 3. The van der Waals surface area contributed by atoms with Crippen LogP contribution < -0.4 is 5.32 Å². The molecule has 1 amide bonds. The minimum atomic E-state index is -0.217. The van der Waals surface area contributed by atoms with E-state index in [2.05, 4.69) is 52.0 Å². The number of oxime groups is 1. The Morgan fingerprint density at radius 1 is 1.15 bits per heavy atom. The van der Waals surface area contributed by atoms with Crippen molar-refractivity contribution in [2.75, 3.05) is 6.61 Å². The Kier molecular flexibility index (Phi) is 5.76. The second-order valence-electron chi connectivity index (χ2n) is 8.34. The summed E-state index contributed by atoms with van der Waals surface area (Å²) in [5.74, 6) is 0.130. The number of benzene rings is 1. The standard InChI is InChI=1S/C20H28N2O3S/c1-8-25-22-18-21-17(24)15(26-18)11-12-9-13(19(2,3)4)16(23)14(10-12)20(5,6)7/h9-11,23H,8H2,1-7H3,(H,21,22,24)/b15-11-. The highest BCUT2D eigenvalue weighted by Gasteiger charge is 2.28. The Morgan fingerprint density at radius 2 is 1.69 bits per heavy atom. The van der Waals surface area contributed by atoms with Gasteiger partial charge in [0, 0.05) is 11.1 Å². The fourth-order valence-corrected chi connectivity index (χ4v) is 3.41. The van der Waals surface area contributed by atoms with Gasteiger partial charge in [-0.05, 0) is 53.3 Å². The first-order valence-corrected chi connectivity index (χ1v) is 9.54. The first-order valence-electron chi connectivity index (χ1n) is 8.72. The number of nitrogens with zero attached hydrogens (tertiary/aromatic N) is 1. The zero-order chi connectivity index (χ0) is 19.7. The third-order valence-corrected chi connectivity index (χ3v) is 4.87. The van der Waals surface area contributed by atoms with Gasteiger partial charge in [-0.2, -0.15) is 0 Å². The van der Waals surface area contributed by atoms with Crippen LogP contribution in [-0.2, 0) is 20.5 Å². The molecular weight excluding hydrogens is 348 g/mol. The van der Waals surface area contributed by atoms with Crippen LogP contribution in [0.15, 0.2) is 22.2 Å². The van der Waals surface area contributed by atoms with Gasteiger partial charge in [-0.3, -0.25) is 10.1 Å². The number of thioether (sulfide) groups is 1. The molecule has 2 rings (SSSR count). The smallest absolute Gasteiger partial charge is 0.264 e. The first-order chi connectivity index (χ1) is 11.9. The van der Waals surface area contributed by atoms with Crippen molar-refractivity contribution in [2.24, 2.45) is 5.16 Å². The maximum absolute atomic E-state index is 12.2. The highest BCUT2D eigenvalue weighted by Crippen LogP contribution is 2.40. The Bertz CT molecular complexity index is 733. The summed E-state index contributed by atoms with van der Waals surface area (Å²) in [6, 6.07) is 3.90. The van der Waals surface area contributed by atoms with E-state index in [0.29, 0.717) is 22.4 Å². The van der Waals surface area contributed by atoms with Gasteiger partial charge in [-0.1, -0.05) is 46.7 Å². The SMILES string of the molecule is CCON=C1NC(=O)/C(=C/c2cc(C(C)(C)C)c(O)c(C(C)(C)C)c2)S1. The number of hydrogen-bond acceptors (Lipinski definition) is 5. The predicted molar refractivity (Wildman–Crippen MR) is 108 cm³/mol. The van der Waals surface area contributed by atoms with Crippen molar-refractivity contribution in [3.05, 3.63) is 33.7 Å². The minimum absolute atomic E-state index is 0.198. The molecule has 1 aliphatic heterocycles. The largest absolute Gasteiger partial charge is 0.507 e. The van der Waals surface area contributed by atoms with Crippen LogP contribution in [0.3, 0.4) is 0 Å². The summed E-state index contributed by atoms with van der Waals surface area (Å²) < 4.78 is 0. The van der Waals surface area contributed by atoms with Gasteiger partial charge in [-0.25, -0.2) is 0 Å². The average Bonchev–Trinajstić information content (AvgIpc) is 2.84. The zero-order valence-electron chi connectivity index (χ0n) is 16.6. The summed E-state index contributed by atoms with van der Waals surface area (Å²) in [4.78, 5) is 17.7. The average molecular weight is 377 g/mol. The van der Waals surface area contributed by atoms with Gasteiger partial charge in [0.1, 0.15) is 12.4 Å². The molecule has 1 saturated heterocycles. The molecule has 1 fully saturated rings. The molecule has 26 heavy (non-hydrogen) atoms. The minimum Gasteiger partial charge on any atom is -0.507 e. The van der Waals surface area contributed by atoms with Gasteiger partial charge < -0.3 is 9.94 Å². The lowest BCUT2D eigenvalue weighted by molar-refractivity contribution is -0.115. The van der Waals surface area contributed by atoms with E-state index in [1.807, 2.05) is 25.1 Å². The van der Waals surface area contributed by atoms with Crippen molar-refractivity contribution in [1.82, 2.24) is 5.32 Å². The lowest BCUT2D eigenvalue weighted by atomic mass is 9.78. The van der Waals surface area contributed by atoms with E-state index in [0.717, 1.165) is 16.7 Å². The van der Waals surface area contributed by atoms with Crippen LogP contribution in [0.1, 0.15) is 65.2 Å². The predicted octanol–water partition coefficient (Wildman–Crippen LogP) is 4.50. The third-order valence-electron chi connectivity index (χ3n) is 3.97. The second kappa shape index (κ2) is 7.35. The highest BCUT2D eigenvalue weighted by molar-refractivity contribution is 8.18. The number of carbonyl (C=O) groups excluding carboxylic acids is 1. The molecule has 0 spiro atoms. The molecule has 0 saturated carbocycles. The summed E-state index contributed by atoms with van der Waals surface area (Å²) in [5, 5.41) is 17.8. The summed E-state index contributed by atoms with van der Waals surface area (Å²) in [6.45, 7) is 14.7. The van der Waals surface area contributed by atoms with Crippen LogP contribution in [0, 0.1) is 0 Å². The molecule has 5 nitrogen and oxygen atoms in total. The fraction of sp³-hybridized carbons (Fsp3) is 0.500. The topological polar surface area (TPSA) is 70.9 Å². The van der Waals surface area contributed by atoms with Crippen LogP contribution in [0.4, 0.5) is 0 Å². The Labute approximate surface area is 159 Å². The number of amidine groups is 1. The van der Waals surface area contributed by atoms with Crippen LogP contribution in [-0.4, -0.2) is 22.8 Å². The monoisotopic (exact) mass is 376 g/mol. The molecule has 1 heterocycles. The number of hydrogen-bond donors (Lipinski definition) is 2. The fourth-order valence-electron chi connectivity index (χ4n) is 2.63. The van der Waals surface area contributed by atoms with E-state index in [-0.39, 0.29) is 16.7 Å². The highest BCUT2D eigenvalue weighted by atomic mass is 32.2. The van der Waals surface area contributed by atoms with Crippen molar-refractivity contribution in [3.8, 4) is 5.75 Å². The van der Waals surface area contributed by atoms with Gasteiger partial charge in [0.25, 0.3) is 5.91 Å². The molecule has 2 N–H and O–H groups in total. The summed E-state index contributed by atoms with van der Waals surface area (Å²) in [7, 11) is 0. The molecular formula is C20H28N2O3S.